The van der Waals surface area contributed by atoms with Crippen LogP contribution in [0.3, 0.4) is 0 Å². The van der Waals surface area contributed by atoms with Crippen molar-refractivity contribution in [3.05, 3.63) is 29.8 Å². The van der Waals surface area contributed by atoms with E-state index in [2.05, 4.69) is 34.5 Å². The summed E-state index contributed by atoms with van der Waals surface area (Å²) < 4.78 is 0. The largest absolute Gasteiger partial charge is 0.378 e. The predicted molar refractivity (Wildman–Crippen MR) is 72.8 cm³/mol. The molecule has 1 aromatic rings. The van der Waals surface area contributed by atoms with Crippen LogP contribution in [0.25, 0.3) is 0 Å². The molecule has 18 heavy (non-hydrogen) atoms. The van der Waals surface area contributed by atoms with Crippen LogP contribution in [-0.2, 0) is 4.79 Å². The zero-order valence-corrected chi connectivity index (χ0v) is 11.1. The molecule has 1 spiro atoms. The predicted octanol–water partition coefficient (Wildman–Crippen LogP) is 2.14. The Labute approximate surface area is 108 Å². The molecule has 2 aliphatic rings. The lowest BCUT2D eigenvalue weighted by molar-refractivity contribution is -0.132. The number of anilines is 1. The Balaban J connectivity index is 1.88. The fraction of sp³-hybridized carbons (Fsp3) is 0.533. The van der Waals surface area contributed by atoms with E-state index in [0.29, 0.717) is 5.92 Å². The first-order valence-electron chi connectivity index (χ1n) is 6.69. The fourth-order valence-corrected chi connectivity index (χ4v) is 3.30. The smallest absolute Gasteiger partial charge is 0.226 e. The monoisotopic (exact) mass is 244 g/mol. The number of nitrogens with one attached hydrogen (secondary N) is 1. The second-order valence-corrected chi connectivity index (χ2v) is 5.76. The molecular formula is C15H20N2O. The van der Waals surface area contributed by atoms with Gasteiger partial charge in [-0.15, -0.1) is 0 Å². The van der Waals surface area contributed by atoms with Crippen molar-refractivity contribution in [2.75, 3.05) is 25.5 Å². The zero-order valence-electron chi connectivity index (χ0n) is 11.1. The molecular weight excluding hydrogens is 224 g/mol. The molecule has 1 N–H and O–H groups in total. The Morgan fingerprint density at radius 3 is 2.39 bits per heavy atom. The van der Waals surface area contributed by atoms with Gasteiger partial charge in [-0.25, -0.2) is 0 Å². The van der Waals surface area contributed by atoms with Gasteiger partial charge in [-0.2, -0.15) is 0 Å². The van der Waals surface area contributed by atoms with Crippen LogP contribution in [0.15, 0.2) is 24.3 Å². The van der Waals surface area contributed by atoms with E-state index >= 15 is 0 Å². The molecule has 1 saturated heterocycles. The quantitative estimate of drug-likeness (QED) is 0.864. The highest BCUT2D eigenvalue weighted by Gasteiger charge is 2.54. The Morgan fingerprint density at radius 2 is 1.89 bits per heavy atom. The van der Waals surface area contributed by atoms with Crippen molar-refractivity contribution in [3.63, 3.8) is 0 Å². The normalized spacial score (nSPS) is 24.8. The van der Waals surface area contributed by atoms with Crippen LogP contribution in [0.4, 0.5) is 5.69 Å². The summed E-state index contributed by atoms with van der Waals surface area (Å²) in [7, 11) is 4.09. The number of hydrogen-bond donors (Lipinski definition) is 1. The molecule has 1 heterocycles. The van der Waals surface area contributed by atoms with E-state index in [1.165, 1.54) is 17.7 Å². The minimum Gasteiger partial charge on any atom is -0.378 e. The summed E-state index contributed by atoms with van der Waals surface area (Å²) >= 11 is 0. The average molecular weight is 244 g/mol. The summed E-state index contributed by atoms with van der Waals surface area (Å²) in [5.41, 5.74) is 2.43. The first kappa shape index (κ1) is 11.6. The molecule has 1 unspecified atom stereocenters. The second kappa shape index (κ2) is 4.01. The lowest BCUT2D eigenvalue weighted by Gasteiger charge is -2.40. The van der Waals surface area contributed by atoms with Crippen molar-refractivity contribution in [1.29, 1.82) is 0 Å². The highest BCUT2D eigenvalue weighted by Crippen LogP contribution is 2.54. The number of carbonyl (C=O) groups is 1. The van der Waals surface area contributed by atoms with Crippen molar-refractivity contribution >= 4 is 11.6 Å². The maximum Gasteiger partial charge on any atom is 0.226 e. The summed E-state index contributed by atoms with van der Waals surface area (Å²) in [5, 5.41) is 3.05. The third kappa shape index (κ3) is 1.53. The molecule has 1 saturated carbocycles. The van der Waals surface area contributed by atoms with Gasteiger partial charge in [0.25, 0.3) is 0 Å². The molecule has 1 aliphatic carbocycles. The number of amides is 1. The van der Waals surface area contributed by atoms with Crippen LogP contribution in [0.1, 0.15) is 30.7 Å². The van der Waals surface area contributed by atoms with E-state index in [0.717, 1.165) is 19.4 Å². The van der Waals surface area contributed by atoms with Crippen molar-refractivity contribution in [2.24, 2.45) is 5.41 Å². The maximum atomic E-state index is 12.0. The Morgan fingerprint density at radius 1 is 1.22 bits per heavy atom. The maximum absolute atomic E-state index is 12.0. The minimum atomic E-state index is -0.0837. The number of carbonyl (C=O) groups excluding carboxylic acids is 1. The van der Waals surface area contributed by atoms with Gasteiger partial charge in [0.2, 0.25) is 5.91 Å². The van der Waals surface area contributed by atoms with Crippen molar-refractivity contribution < 1.29 is 4.79 Å². The first-order valence-corrected chi connectivity index (χ1v) is 6.69. The SMILES string of the molecule is CN(C)c1ccc(C2CNC(=O)C23CCC3)cc1. The van der Waals surface area contributed by atoms with E-state index in [9.17, 15) is 4.79 Å². The van der Waals surface area contributed by atoms with Gasteiger partial charge in [0, 0.05) is 32.2 Å². The van der Waals surface area contributed by atoms with E-state index < -0.39 is 0 Å². The molecule has 96 valence electrons. The Hall–Kier alpha value is -1.51. The molecule has 0 bridgehead atoms. The molecule has 0 aromatic heterocycles. The first-order chi connectivity index (χ1) is 8.63. The van der Waals surface area contributed by atoms with Crippen LogP contribution in [-0.4, -0.2) is 26.5 Å². The molecule has 1 aromatic carbocycles. The molecule has 0 radical (unpaired) electrons. The van der Waals surface area contributed by atoms with E-state index in [4.69, 9.17) is 0 Å². The topological polar surface area (TPSA) is 32.3 Å². The molecule has 3 heteroatoms. The third-order valence-corrected chi connectivity index (χ3v) is 4.64. The second-order valence-electron chi connectivity index (χ2n) is 5.76. The summed E-state index contributed by atoms with van der Waals surface area (Å²) in [5.74, 6) is 0.644. The van der Waals surface area contributed by atoms with Crippen molar-refractivity contribution in [1.82, 2.24) is 5.32 Å². The van der Waals surface area contributed by atoms with Gasteiger partial charge in [-0.1, -0.05) is 18.6 Å². The number of rotatable bonds is 2. The standard InChI is InChI=1S/C15H20N2O/c1-17(2)12-6-4-11(5-7-12)13-10-16-14(18)15(13)8-3-9-15/h4-7,13H,3,8-10H2,1-2H3,(H,16,18). The number of hydrogen-bond acceptors (Lipinski definition) is 2. The van der Waals surface area contributed by atoms with Gasteiger partial charge in [-0.3, -0.25) is 4.79 Å². The van der Waals surface area contributed by atoms with Gasteiger partial charge in [0.1, 0.15) is 0 Å². The average Bonchev–Trinajstić information content (AvgIpc) is 2.66. The van der Waals surface area contributed by atoms with Crippen LogP contribution in [0.5, 0.6) is 0 Å². The van der Waals surface area contributed by atoms with Crippen molar-refractivity contribution in [3.8, 4) is 0 Å². The molecule has 1 amide bonds. The molecule has 1 atom stereocenters. The van der Waals surface area contributed by atoms with Crippen LogP contribution in [0, 0.1) is 5.41 Å². The highest BCUT2D eigenvalue weighted by molar-refractivity contribution is 5.87. The molecule has 1 aliphatic heterocycles. The fourth-order valence-electron chi connectivity index (χ4n) is 3.30. The highest BCUT2D eigenvalue weighted by atomic mass is 16.2. The Bertz CT molecular complexity index is 460. The Kier molecular flexibility index (Phi) is 2.58. The summed E-state index contributed by atoms with van der Waals surface area (Å²) in [6.45, 7) is 0.806. The van der Waals surface area contributed by atoms with E-state index in [-0.39, 0.29) is 11.3 Å². The van der Waals surface area contributed by atoms with Crippen LogP contribution in [0.2, 0.25) is 0 Å². The minimum absolute atomic E-state index is 0.0837. The summed E-state index contributed by atoms with van der Waals surface area (Å²) in [6.07, 6.45) is 3.30. The zero-order chi connectivity index (χ0) is 12.8. The lowest BCUT2D eigenvalue weighted by Crippen LogP contribution is -2.40. The van der Waals surface area contributed by atoms with Crippen LogP contribution >= 0.6 is 0 Å². The van der Waals surface area contributed by atoms with Gasteiger partial charge >= 0.3 is 0 Å². The van der Waals surface area contributed by atoms with Gasteiger partial charge in [0.15, 0.2) is 0 Å². The van der Waals surface area contributed by atoms with Gasteiger partial charge in [0.05, 0.1) is 5.41 Å². The molecule has 2 fully saturated rings. The van der Waals surface area contributed by atoms with E-state index in [1.807, 2.05) is 14.1 Å². The van der Waals surface area contributed by atoms with Crippen molar-refractivity contribution in [2.45, 2.75) is 25.2 Å². The molecule has 3 nitrogen and oxygen atoms in total. The van der Waals surface area contributed by atoms with Gasteiger partial charge < -0.3 is 10.2 Å². The van der Waals surface area contributed by atoms with Crippen LogP contribution < -0.4 is 10.2 Å². The summed E-state index contributed by atoms with van der Waals surface area (Å²) in [4.78, 5) is 14.1. The summed E-state index contributed by atoms with van der Waals surface area (Å²) in [6, 6.07) is 8.65. The number of benzene rings is 1. The molecule has 3 rings (SSSR count). The van der Waals surface area contributed by atoms with E-state index in [1.54, 1.807) is 0 Å². The lowest BCUT2D eigenvalue weighted by atomic mass is 9.61. The third-order valence-electron chi connectivity index (χ3n) is 4.64. The number of nitrogens with zero attached hydrogens (tertiary/aromatic N) is 1. The van der Waals surface area contributed by atoms with Gasteiger partial charge in [-0.05, 0) is 30.5 Å².